The predicted molar refractivity (Wildman–Crippen MR) is 81.8 cm³/mol. The number of hydrogen-bond donors (Lipinski definition) is 2. The number of ether oxygens (including phenoxy) is 1. The number of amides is 1. The Kier molecular flexibility index (Phi) is 5.52. The molecule has 8 heteroatoms. The Morgan fingerprint density at radius 2 is 2.14 bits per heavy atom. The van der Waals surface area contributed by atoms with Crippen molar-refractivity contribution in [3.63, 3.8) is 0 Å². The molecule has 0 bridgehead atoms. The van der Waals surface area contributed by atoms with Gasteiger partial charge in [0.2, 0.25) is 10.0 Å². The summed E-state index contributed by atoms with van der Waals surface area (Å²) in [6, 6.07) is 6.64. The van der Waals surface area contributed by atoms with Crippen LogP contribution < -0.4 is 10.6 Å². The van der Waals surface area contributed by atoms with Gasteiger partial charge in [0, 0.05) is 33.7 Å². The fraction of sp³-hybridized carbons (Fsp3) is 0.500. The molecule has 0 radical (unpaired) electrons. The molecule has 2 N–H and O–H groups in total. The average Bonchev–Trinajstić information content (AvgIpc) is 2.53. The molecule has 1 aromatic rings. The van der Waals surface area contributed by atoms with E-state index in [-0.39, 0.29) is 17.3 Å². The maximum absolute atomic E-state index is 12.3. The maximum Gasteiger partial charge on any atom is 0.250 e. The maximum atomic E-state index is 12.3. The van der Waals surface area contributed by atoms with Gasteiger partial charge in [0.25, 0.3) is 5.91 Å². The molecule has 22 heavy (non-hydrogen) atoms. The summed E-state index contributed by atoms with van der Waals surface area (Å²) in [4.78, 5) is 12.2. The van der Waals surface area contributed by atoms with Crippen LogP contribution in [0.2, 0.25) is 0 Å². The van der Waals surface area contributed by atoms with Crippen LogP contribution in [0.5, 0.6) is 0 Å². The molecular formula is C14H21N3O4S. The van der Waals surface area contributed by atoms with E-state index < -0.39 is 16.1 Å². The molecule has 1 fully saturated rings. The molecule has 1 aliphatic rings. The highest BCUT2D eigenvalue weighted by atomic mass is 32.2. The van der Waals surface area contributed by atoms with Crippen LogP contribution in [-0.4, -0.2) is 58.5 Å². The quantitative estimate of drug-likeness (QED) is 0.764. The second-order valence-corrected chi connectivity index (χ2v) is 7.30. The van der Waals surface area contributed by atoms with Crippen molar-refractivity contribution in [2.45, 2.75) is 17.5 Å². The number of benzene rings is 1. The van der Waals surface area contributed by atoms with E-state index in [1.807, 2.05) is 0 Å². The summed E-state index contributed by atoms with van der Waals surface area (Å²) in [6.45, 7) is 1.82. The number of morpholine rings is 1. The largest absolute Gasteiger partial charge is 0.366 e. The molecule has 1 heterocycles. The summed E-state index contributed by atoms with van der Waals surface area (Å²) in [6.07, 6.45) is -0.536. The SMILES string of the molecule is CN(C)S(=O)(=O)c1ccccc1CNC(=O)C1CNCCO1. The van der Waals surface area contributed by atoms with Gasteiger partial charge >= 0.3 is 0 Å². The third kappa shape index (κ3) is 3.83. The van der Waals surface area contributed by atoms with Crippen LogP contribution >= 0.6 is 0 Å². The van der Waals surface area contributed by atoms with Crippen LogP contribution in [0.25, 0.3) is 0 Å². The van der Waals surface area contributed by atoms with Crippen molar-refractivity contribution < 1.29 is 17.9 Å². The second kappa shape index (κ2) is 7.19. The average molecular weight is 327 g/mol. The van der Waals surface area contributed by atoms with Crippen LogP contribution in [0.4, 0.5) is 0 Å². The summed E-state index contributed by atoms with van der Waals surface area (Å²) in [7, 11) is -0.585. The Bertz CT molecular complexity index is 625. The Morgan fingerprint density at radius 1 is 1.41 bits per heavy atom. The number of sulfonamides is 1. The zero-order valence-corrected chi connectivity index (χ0v) is 13.5. The highest BCUT2D eigenvalue weighted by molar-refractivity contribution is 7.89. The topological polar surface area (TPSA) is 87.7 Å². The first-order chi connectivity index (χ1) is 10.4. The minimum atomic E-state index is -3.54. The summed E-state index contributed by atoms with van der Waals surface area (Å²) < 4.78 is 31.1. The van der Waals surface area contributed by atoms with E-state index in [1.54, 1.807) is 18.2 Å². The highest BCUT2D eigenvalue weighted by Crippen LogP contribution is 2.18. The van der Waals surface area contributed by atoms with E-state index in [0.717, 1.165) is 10.8 Å². The van der Waals surface area contributed by atoms with Gasteiger partial charge < -0.3 is 15.4 Å². The van der Waals surface area contributed by atoms with Gasteiger partial charge in [-0.3, -0.25) is 4.79 Å². The first kappa shape index (κ1) is 16.9. The van der Waals surface area contributed by atoms with Gasteiger partial charge in [-0.05, 0) is 11.6 Å². The monoisotopic (exact) mass is 327 g/mol. The molecule has 0 aliphatic carbocycles. The lowest BCUT2D eigenvalue weighted by atomic mass is 10.2. The molecule has 1 saturated heterocycles. The summed E-state index contributed by atoms with van der Waals surface area (Å²) in [5, 5.41) is 5.81. The number of nitrogens with one attached hydrogen (secondary N) is 2. The molecule has 0 spiro atoms. The van der Waals surface area contributed by atoms with Crippen LogP contribution in [-0.2, 0) is 26.1 Å². The predicted octanol–water partition coefficient (Wildman–Crippen LogP) is -0.458. The third-order valence-corrected chi connectivity index (χ3v) is 5.32. The van der Waals surface area contributed by atoms with Crippen molar-refractivity contribution in [2.24, 2.45) is 0 Å². The van der Waals surface area contributed by atoms with Gasteiger partial charge in [-0.2, -0.15) is 0 Å². The van der Waals surface area contributed by atoms with Crippen molar-refractivity contribution in [3.8, 4) is 0 Å². The Hall–Kier alpha value is -1.48. The number of carbonyl (C=O) groups is 1. The van der Waals surface area contributed by atoms with Crippen molar-refractivity contribution in [1.29, 1.82) is 0 Å². The standard InChI is InChI=1S/C14H21N3O4S/c1-17(2)22(19,20)13-6-4-3-5-11(13)9-16-14(18)12-10-15-7-8-21-12/h3-6,12,15H,7-10H2,1-2H3,(H,16,18). The van der Waals surface area contributed by atoms with Gasteiger partial charge in [-0.25, -0.2) is 12.7 Å². The Labute approximate surface area is 130 Å². The molecule has 1 atom stereocenters. The smallest absolute Gasteiger partial charge is 0.250 e. The summed E-state index contributed by atoms with van der Waals surface area (Å²) >= 11 is 0. The summed E-state index contributed by atoms with van der Waals surface area (Å²) in [5.74, 6) is -0.246. The fourth-order valence-corrected chi connectivity index (χ4v) is 3.24. The molecule has 7 nitrogen and oxygen atoms in total. The molecule has 1 unspecified atom stereocenters. The fourth-order valence-electron chi connectivity index (χ4n) is 2.13. The van der Waals surface area contributed by atoms with Crippen LogP contribution in [0, 0.1) is 0 Å². The first-order valence-corrected chi connectivity index (χ1v) is 8.47. The van der Waals surface area contributed by atoms with E-state index in [9.17, 15) is 13.2 Å². The van der Waals surface area contributed by atoms with Gasteiger partial charge in [-0.1, -0.05) is 18.2 Å². The normalized spacial score (nSPS) is 19.1. The summed E-state index contributed by atoms with van der Waals surface area (Å²) in [5.41, 5.74) is 0.549. The van der Waals surface area contributed by atoms with Crippen LogP contribution in [0.1, 0.15) is 5.56 Å². The van der Waals surface area contributed by atoms with E-state index in [2.05, 4.69) is 10.6 Å². The van der Waals surface area contributed by atoms with Crippen molar-refractivity contribution in [1.82, 2.24) is 14.9 Å². The molecule has 122 valence electrons. The van der Waals surface area contributed by atoms with Crippen molar-refractivity contribution in [2.75, 3.05) is 33.8 Å². The lowest BCUT2D eigenvalue weighted by Gasteiger charge is -2.23. The lowest BCUT2D eigenvalue weighted by molar-refractivity contribution is -0.134. The molecule has 0 saturated carbocycles. The number of rotatable bonds is 5. The van der Waals surface area contributed by atoms with Crippen molar-refractivity contribution >= 4 is 15.9 Å². The highest BCUT2D eigenvalue weighted by Gasteiger charge is 2.23. The van der Waals surface area contributed by atoms with Gasteiger partial charge in [0.05, 0.1) is 11.5 Å². The van der Waals surface area contributed by atoms with Crippen molar-refractivity contribution in [3.05, 3.63) is 29.8 Å². The van der Waals surface area contributed by atoms with E-state index in [0.29, 0.717) is 18.7 Å². The van der Waals surface area contributed by atoms with Gasteiger partial charge in [-0.15, -0.1) is 0 Å². The minimum Gasteiger partial charge on any atom is -0.366 e. The van der Waals surface area contributed by atoms with E-state index in [1.165, 1.54) is 20.2 Å². The number of hydrogen-bond acceptors (Lipinski definition) is 5. The van der Waals surface area contributed by atoms with Crippen LogP contribution in [0.3, 0.4) is 0 Å². The van der Waals surface area contributed by atoms with Gasteiger partial charge in [0.15, 0.2) is 0 Å². The Morgan fingerprint density at radius 3 is 2.77 bits per heavy atom. The molecular weight excluding hydrogens is 306 g/mol. The van der Waals surface area contributed by atoms with E-state index in [4.69, 9.17) is 4.74 Å². The van der Waals surface area contributed by atoms with Gasteiger partial charge in [0.1, 0.15) is 6.10 Å². The third-order valence-electron chi connectivity index (χ3n) is 3.40. The molecule has 1 amide bonds. The first-order valence-electron chi connectivity index (χ1n) is 7.03. The lowest BCUT2D eigenvalue weighted by Crippen LogP contribution is -2.47. The minimum absolute atomic E-state index is 0.141. The van der Waals surface area contributed by atoms with Crippen LogP contribution in [0.15, 0.2) is 29.2 Å². The molecule has 0 aromatic heterocycles. The molecule has 1 aromatic carbocycles. The zero-order valence-electron chi connectivity index (χ0n) is 12.7. The zero-order chi connectivity index (χ0) is 16.2. The van der Waals surface area contributed by atoms with E-state index >= 15 is 0 Å². The molecule has 1 aliphatic heterocycles. The second-order valence-electron chi connectivity index (χ2n) is 5.18. The number of nitrogens with zero attached hydrogens (tertiary/aromatic N) is 1. The molecule has 2 rings (SSSR count). The Balaban J connectivity index is 2.09. The number of carbonyl (C=O) groups excluding carboxylic acids is 1.